The van der Waals surface area contributed by atoms with Crippen LogP contribution >= 0.6 is 0 Å². The van der Waals surface area contributed by atoms with Crippen molar-refractivity contribution in [3.05, 3.63) is 53.9 Å². The van der Waals surface area contributed by atoms with Crippen LogP contribution in [0.25, 0.3) is 0 Å². The Morgan fingerprint density at radius 1 is 1.29 bits per heavy atom. The van der Waals surface area contributed by atoms with E-state index < -0.39 is 0 Å². The van der Waals surface area contributed by atoms with E-state index in [0.29, 0.717) is 0 Å². The predicted octanol–water partition coefficient (Wildman–Crippen LogP) is 1.98. The molecule has 0 bridgehead atoms. The van der Waals surface area contributed by atoms with Crippen molar-refractivity contribution in [3.8, 4) is 5.75 Å². The Balaban J connectivity index is 1.69. The van der Waals surface area contributed by atoms with Gasteiger partial charge in [0.2, 0.25) is 0 Å². The van der Waals surface area contributed by atoms with E-state index in [-0.39, 0.29) is 12.7 Å². The lowest BCUT2D eigenvalue weighted by Crippen LogP contribution is -2.19. The molecule has 1 aromatic heterocycles. The number of aromatic nitrogens is 1. The molecular formula is C14H15NO2. The van der Waals surface area contributed by atoms with Crippen LogP contribution in [0, 0.1) is 0 Å². The molecule has 2 aromatic rings. The molecule has 0 saturated carbocycles. The van der Waals surface area contributed by atoms with Gasteiger partial charge in [0.05, 0.1) is 13.2 Å². The third-order valence-electron chi connectivity index (χ3n) is 3.12. The molecule has 1 aliphatic rings. The number of aliphatic hydroxyl groups is 1. The normalized spacial score (nSPS) is 17.8. The number of benzene rings is 1. The molecular weight excluding hydrogens is 214 g/mol. The smallest absolute Gasteiger partial charge is 0.123 e. The Morgan fingerprint density at radius 3 is 2.94 bits per heavy atom. The Labute approximate surface area is 100 Å². The van der Waals surface area contributed by atoms with Gasteiger partial charge in [-0.2, -0.15) is 0 Å². The van der Waals surface area contributed by atoms with Gasteiger partial charge in [0.15, 0.2) is 0 Å². The zero-order chi connectivity index (χ0) is 11.7. The van der Waals surface area contributed by atoms with Crippen molar-refractivity contribution in [1.82, 2.24) is 4.57 Å². The molecule has 0 fully saturated rings. The van der Waals surface area contributed by atoms with Crippen molar-refractivity contribution in [1.29, 1.82) is 0 Å². The summed E-state index contributed by atoms with van der Waals surface area (Å²) in [5.74, 6) is 1.01. The molecule has 0 saturated heterocycles. The summed E-state index contributed by atoms with van der Waals surface area (Å²) in [7, 11) is 0. The number of aliphatic hydroxyl groups excluding tert-OH is 1. The molecule has 17 heavy (non-hydrogen) atoms. The van der Waals surface area contributed by atoms with Gasteiger partial charge in [0.1, 0.15) is 11.9 Å². The zero-order valence-corrected chi connectivity index (χ0v) is 9.54. The highest BCUT2D eigenvalue weighted by Crippen LogP contribution is 2.28. The second kappa shape index (κ2) is 4.26. The standard InChI is InChI=1S/C14H15NO2/c16-10-11-5-6-15(8-11)9-13-7-12-3-1-2-4-14(12)17-13/h1-6,8,13,16H,7,9-10H2. The third-order valence-corrected chi connectivity index (χ3v) is 3.12. The first kappa shape index (κ1) is 10.4. The summed E-state index contributed by atoms with van der Waals surface area (Å²) in [6.45, 7) is 0.924. The Kier molecular flexibility index (Phi) is 2.61. The van der Waals surface area contributed by atoms with Crippen LogP contribution in [-0.2, 0) is 19.6 Å². The van der Waals surface area contributed by atoms with E-state index in [1.54, 1.807) is 0 Å². The molecule has 0 radical (unpaired) electrons. The topological polar surface area (TPSA) is 34.4 Å². The van der Waals surface area contributed by atoms with Crippen molar-refractivity contribution in [2.24, 2.45) is 0 Å². The average molecular weight is 229 g/mol. The minimum Gasteiger partial charge on any atom is -0.488 e. The van der Waals surface area contributed by atoms with Crippen LogP contribution in [0.2, 0.25) is 0 Å². The molecule has 1 aromatic carbocycles. The van der Waals surface area contributed by atoms with Crippen LogP contribution in [0.1, 0.15) is 11.1 Å². The number of ether oxygens (including phenoxy) is 1. The quantitative estimate of drug-likeness (QED) is 0.873. The summed E-state index contributed by atoms with van der Waals surface area (Å²) in [6.07, 6.45) is 5.11. The van der Waals surface area contributed by atoms with Gasteiger partial charge in [-0.15, -0.1) is 0 Å². The number of fused-ring (bicyclic) bond motifs is 1. The molecule has 88 valence electrons. The molecule has 0 amide bonds. The molecule has 2 heterocycles. The summed E-state index contributed by atoms with van der Waals surface area (Å²) in [6, 6.07) is 10.1. The molecule has 1 atom stereocenters. The molecule has 0 spiro atoms. The fourth-order valence-electron chi connectivity index (χ4n) is 2.29. The third kappa shape index (κ3) is 2.06. The Hall–Kier alpha value is -1.74. The SMILES string of the molecule is OCc1ccn(CC2Cc3ccccc3O2)c1. The summed E-state index contributed by atoms with van der Waals surface area (Å²) >= 11 is 0. The van der Waals surface area contributed by atoms with Crippen molar-refractivity contribution in [2.45, 2.75) is 25.7 Å². The molecule has 3 rings (SSSR count). The molecule has 1 aliphatic heterocycles. The summed E-state index contributed by atoms with van der Waals surface area (Å²) in [5, 5.41) is 9.01. The van der Waals surface area contributed by atoms with E-state index in [9.17, 15) is 0 Å². The number of hydrogen-bond donors (Lipinski definition) is 1. The van der Waals surface area contributed by atoms with Crippen LogP contribution in [0.5, 0.6) is 5.75 Å². The van der Waals surface area contributed by atoms with E-state index in [4.69, 9.17) is 9.84 Å². The predicted molar refractivity (Wildman–Crippen MR) is 64.9 cm³/mol. The highest BCUT2D eigenvalue weighted by atomic mass is 16.5. The fourth-order valence-corrected chi connectivity index (χ4v) is 2.29. The number of hydrogen-bond acceptors (Lipinski definition) is 2. The fraction of sp³-hybridized carbons (Fsp3) is 0.286. The lowest BCUT2D eigenvalue weighted by Gasteiger charge is -2.11. The summed E-state index contributed by atoms with van der Waals surface area (Å²) < 4.78 is 7.94. The molecule has 0 aliphatic carbocycles. The minimum atomic E-state index is 0.0960. The maximum atomic E-state index is 9.01. The van der Waals surface area contributed by atoms with Gasteiger partial charge in [-0.3, -0.25) is 0 Å². The molecule has 3 nitrogen and oxygen atoms in total. The van der Waals surface area contributed by atoms with E-state index >= 15 is 0 Å². The van der Waals surface area contributed by atoms with Crippen molar-refractivity contribution in [3.63, 3.8) is 0 Å². The maximum absolute atomic E-state index is 9.01. The van der Waals surface area contributed by atoms with Gasteiger partial charge in [-0.25, -0.2) is 0 Å². The maximum Gasteiger partial charge on any atom is 0.123 e. The Bertz CT molecular complexity index is 493. The number of rotatable bonds is 3. The molecule has 3 heteroatoms. The summed E-state index contributed by atoms with van der Waals surface area (Å²) in [5.41, 5.74) is 2.23. The Morgan fingerprint density at radius 2 is 2.18 bits per heavy atom. The van der Waals surface area contributed by atoms with Gasteiger partial charge in [0, 0.05) is 18.8 Å². The molecule has 1 unspecified atom stereocenters. The first-order valence-electron chi connectivity index (χ1n) is 5.85. The van der Waals surface area contributed by atoms with Gasteiger partial charge in [-0.05, 0) is 23.3 Å². The second-order valence-corrected chi connectivity index (χ2v) is 4.43. The van der Waals surface area contributed by atoms with E-state index in [0.717, 1.165) is 24.3 Å². The van der Waals surface area contributed by atoms with Crippen LogP contribution in [0.4, 0.5) is 0 Å². The number of para-hydroxylation sites is 1. The van der Waals surface area contributed by atoms with Gasteiger partial charge in [0.25, 0.3) is 0 Å². The van der Waals surface area contributed by atoms with Crippen molar-refractivity contribution in [2.75, 3.05) is 0 Å². The lowest BCUT2D eigenvalue weighted by molar-refractivity contribution is 0.209. The van der Waals surface area contributed by atoms with Gasteiger partial charge < -0.3 is 14.4 Å². The van der Waals surface area contributed by atoms with Gasteiger partial charge in [-0.1, -0.05) is 18.2 Å². The van der Waals surface area contributed by atoms with E-state index in [2.05, 4.69) is 10.6 Å². The van der Waals surface area contributed by atoms with Crippen LogP contribution in [0.15, 0.2) is 42.7 Å². The largest absolute Gasteiger partial charge is 0.488 e. The highest BCUT2D eigenvalue weighted by Gasteiger charge is 2.22. The molecule has 1 N–H and O–H groups in total. The lowest BCUT2D eigenvalue weighted by atomic mass is 10.1. The zero-order valence-electron chi connectivity index (χ0n) is 9.54. The van der Waals surface area contributed by atoms with Crippen molar-refractivity contribution >= 4 is 0 Å². The first-order chi connectivity index (χ1) is 8.35. The van der Waals surface area contributed by atoms with E-state index in [1.807, 2.05) is 36.7 Å². The van der Waals surface area contributed by atoms with Crippen LogP contribution in [-0.4, -0.2) is 15.8 Å². The van der Waals surface area contributed by atoms with Gasteiger partial charge >= 0.3 is 0 Å². The second-order valence-electron chi connectivity index (χ2n) is 4.43. The van der Waals surface area contributed by atoms with Crippen LogP contribution < -0.4 is 4.74 Å². The van der Waals surface area contributed by atoms with Crippen LogP contribution in [0.3, 0.4) is 0 Å². The summed E-state index contributed by atoms with van der Waals surface area (Å²) in [4.78, 5) is 0. The van der Waals surface area contributed by atoms with Crippen molar-refractivity contribution < 1.29 is 9.84 Å². The number of nitrogens with zero attached hydrogens (tertiary/aromatic N) is 1. The first-order valence-corrected chi connectivity index (χ1v) is 5.85. The van der Waals surface area contributed by atoms with E-state index in [1.165, 1.54) is 5.56 Å². The monoisotopic (exact) mass is 229 g/mol. The minimum absolute atomic E-state index is 0.0960. The highest BCUT2D eigenvalue weighted by molar-refractivity contribution is 5.37. The average Bonchev–Trinajstić information content (AvgIpc) is 2.94.